The Morgan fingerprint density at radius 3 is 2.96 bits per heavy atom. The highest BCUT2D eigenvalue weighted by atomic mass is 16.5. The molecular formula is C18H29N3O2. The third kappa shape index (κ3) is 6.48. The highest BCUT2D eigenvalue weighted by Gasteiger charge is 2.13. The Balaban J connectivity index is 1.82. The number of carbonyl (C=O) groups is 1. The molecule has 0 radical (unpaired) electrons. The summed E-state index contributed by atoms with van der Waals surface area (Å²) in [6, 6.07) is 7.73. The van der Waals surface area contributed by atoms with Crippen molar-refractivity contribution in [1.82, 2.24) is 10.6 Å². The molecule has 0 unspecified atom stereocenters. The minimum absolute atomic E-state index is 0.184. The summed E-state index contributed by atoms with van der Waals surface area (Å²) in [5.74, 6) is 1.15. The van der Waals surface area contributed by atoms with Crippen molar-refractivity contribution in [3.8, 4) is 5.75 Å². The molecule has 1 aromatic rings. The number of nitrogens with one attached hydrogen (secondary N) is 3. The molecule has 5 nitrogen and oxygen atoms in total. The van der Waals surface area contributed by atoms with Crippen LogP contribution in [0.2, 0.25) is 0 Å². The second kappa shape index (κ2) is 9.40. The van der Waals surface area contributed by atoms with E-state index >= 15 is 0 Å². The van der Waals surface area contributed by atoms with Gasteiger partial charge in [-0.05, 0) is 37.4 Å². The molecule has 0 aliphatic carbocycles. The Morgan fingerprint density at radius 1 is 1.30 bits per heavy atom. The maximum absolute atomic E-state index is 12.1. The maximum atomic E-state index is 12.1. The van der Waals surface area contributed by atoms with Gasteiger partial charge < -0.3 is 20.7 Å². The summed E-state index contributed by atoms with van der Waals surface area (Å²) in [4.78, 5) is 12.1. The van der Waals surface area contributed by atoms with Gasteiger partial charge in [-0.3, -0.25) is 0 Å². The van der Waals surface area contributed by atoms with Crippen LogP contribution in [0.5, 0.6) is 5.75 Å². The van der Waals surface area contributed by atoms with Crippen molar-refractivity contribution in [3.05, 3.63) is 24.3 Å². The van der Waals surface area contributed by atoms with Crippen LogP contribution in [-0.2, 0) is 0 Å². The van der Waals surface area contributed by atoms with Gasteiger partial charge in [-0.1, -0.05) is 38.8 Å². The van der Waals surface area contributed by atoms with Gasteiger partial charge in [-0.25, -0.2) is 4.79 Å². The van der Waals surface area contributed by atoms with E-state index in [4.69, 9.17) is 4.74 Å². The molecule has 0 saturated carbocycles. The van der Waals surface area contributed by atoms with E-state index in [0.29, 0.717) is 36.5 Å². The Bertz CT molecular complexity index is 483. The van der Waals surface area contributed by atoms with E-state index in [0.717, 1.165) is 13.0 Å². The van der Waals surface area contributed by atoms with Crippen LogP contribution >= 0.6 is 0 Å². The van der Waals surface area contributed by atoms with E-state index in [9.17, 15) is 4.79 Å². The number of carbonyl (C=O) groups excluding carboxylic acids is 1. The molecular weight excluding hydrogens is 290 g/mol. The van der Waals surface area contributed by atoms with Crippen LogP contribution < -0.4 is 20.7 Å². The second-order valence-electron chi connectivity index (χ2n) is 6.54. The van der Waals surface area contributed by atoms with Crippen LogP contribution in [-0.4, -0.2) is 31.8 Å². The molecule has 5 heteroatoms. The lowest BCUT2D eigenvalue weighted by atomic mass is 10.1. The molecule has 23 heavy (non-hydrogen) atoms. The van der Waals surface area contributed by atoms with Gasteiger partial charge >= 0.3 is 6.03 Å². The van der Waals surface area contributed by atoms with Gasteiger partial charge in [0.05, 0.1) is 12.3 Å². The monoisotopic (exact) mass is 319 g/mol. The summed E-state index contributed by atoms with van der Waals surface area (Å²) >= 11 is 0. The van der Waals surface area contributed by atoms with E-state index < -0.39 is 0 Å². The van der Waals surface area contributed by atoms with Gasteiger partial charge in [0, 0.05) is 12.6 Å². The first-order valence-electron chi connectivity index (χ1n) is 8.65. The number of rotatable bonds is 6. The van der Waals surface area contributed by atoms with Crippen molar-refractivity contribution in [2.24, 2.45) is 5.92 Å². The standard InChI is InChI=1S/C18H29N3O2/c1-14(2)13-23-17-10-6-5-9-16(17)21-18(22)20-12-15-8-4-3-7-11-19-15/h5-6,9-10,14-15,19H,3-4,7-8,11-13H2,1-2H3,(H2,20,21,22)/t15-/m1/s1. The predicted octanol–water partition coefficient (Wildman–Crippen LogP) is 3.38. The molecule has 0 aromatic heterocycles. The van der Waals surface area contributed by atoms with Crippen molar-refractivity contribution < 1.29 is 9.53 Å². The lowest BCUT2D eigenvalue weighted by Crippen LogP contribution is -2.42. The first kappa shape index (κ1) is 17.6. The minimum Gasteiger partial charge on any atom is -0.491 e. The molecule has 1 aromatic carbocycles. The van der Waals surface area contributed by atoms with E-state index in [-0.39, 0.29) is 6.03 Å². The SMILES string of the molecule is CC(C)COc1ccccc1NC(=O)NC[C@H]1CCCCCN1. The average molecular weight is 319 g/mol. The lowest BCUT2D eigenvalue weighted by Gasteiger charge is -2.18. The number of ether oxygens (including phenoxy) is 1. The Morgan fingerprint density at radius 2 is 2.13 bits per heavy atom. The molecule has 2 rings (SSSR count). The fourth-order valence-corrected chi connectivity index (χ4v) is 2.61. The maximum Gasteiger partial charge on any atom is 0.319 e. The van der Waals surface area contributed by atoms with Crippen LogP contribution in [0.3, 0.4) is 0 Å². The molecule has 1 saturated heterocycles. The Hall–Kier alpha value is -1.75. The molecule has 0 bridgehead atoms. The van der Waals surface area contributed by atoms with Crippen molar-refractivity contribution in [3.63, 3.8) is 0 Å². The summed E-state index contributed by atoms with van der Waals surface area (Å²) in [6.07, 6.45) is 4.85. The third-order valence-corrected chi connectivity index (χ3v) is 3.88. The topological polar surface area (TPSA) is 62.4 Å². The summed E-state index contributed by atoms with van der Waals surface area (Å²) in [6.45, 7) is 6.53. The second-order valence-corrected chi connectivity index (χ2v) is 6.54. The first-order valence-corrected chi connectivity index (χ1v) is 8.65. The number of benzene rings is 1. The molecule has 1 aliphatic heterocycles. The van der Waals surface area contributed by atoms with Gasteiger partial charge in [0.1, 0.15) is 5.75 Å². The number of para-hydroxylation sites is 2. The van der Waals surface area contributed by atoms with E-state index in [1.165, 1.54) is 19.3 Å². The van der Waals surface area contributed by atoms with Crippen molar-refractivity contribution in [1.29, 1.82) is 0 Å². The summed E-state index contributed by atoms with van der Waals surface area (Å²) in [7, 11) is 0. The predicted molar refractivity (Wildman–Crippen MR) is 94.1 cm³/mol. The molecule has 0 spiro atoms. The van der Waals surface area contributed by atoms with Crippen LogP contribution in [0.25, 0.3) is 0 Å². The fourth-order valence-electron chi connectivity index (χ4n) is 2.61. The zero-order valence-corrected chi connectivity index (χ0v) is 14.2. The molecule has 1 aliphatic rings. The van der Waals surface area contributed by atoms with Gasteiger partial charge in [0.25, 0.3) is 0 Å². The van der Waals surface area contributed by atoms with E-state index in [2.05, 4.69) is 29.8 Å². The van der Waals surface area contributed by atoms with Gasteiger partial charge in [0.15, 0.2) is 0 Å². The molecule has 1 heterocycles. The smallest absolute Gasteiger partial charge is 0.319 e. The lowest BCUT2D eigenvalue weighted by molar-refractivity contribution is 0.250. The number of amides is 2. The summed E-state index contributed by atoms with van der Waals surface area (Å²) in [5.41, 5.74) is 0.708. The van der Waals surface area contributed by atoms with Crippen LogP contribution in [0.4, 0.5) is 10.5 Å². The molecule has 3 N–H and O–H groups in total. The van der Waals surface area contributed by atoms with Gasteiger partial charge in [-0.15, -0.1) is 0 Å². The Kier molecular flexibility index (Phi) is 7.20. The van der Waals surface area contributed by atoms with E-state index in [1.807, 2.05) is 24.3 Å². The van der Waals surface area contributed by atoms with Gasteiger partial charge in [-0.2, -0.15) is 0 Å². The highest BCUT2D eigenvalue weighted by molar-refractivity contribution is 5.90. The summed E-state index contributed by atoms with van der Waals surface area (Å²) < 4.78 is 5.76. The molecule has 1 fully saturated rings. The first-order chi connectivity index (χ1) is 11.1. The molecule has 1 atom stereocenters. The average Bonchev–Trinajstić information content (AvgIpc) is 2.81. The zero-order valence-electron chi connectivity index (χ0n) is 14.2. The minimum atomic E-state index is -0.184. The van der Waals surface area contributed by atoms with Crippen molar-refractivity contribution in [2.75, 3.05) is 25.0 Å². The largest absolute Gasteiger partial charge is 0.491 e. The van der Waals surface area contributed by atoms with Crippen LogP contribution in [0, 0.1) is 5.92 Å². The normalized spacial score (nSPS) is 18.3. The number of hydrogen-bond donors (Lipinski definition) is 3. The quantitative estimate of drug-likeness (QED) is 0.753. The molecule has 128 valence electrons. The van der Waals surface area contributed by atoms with Crippen LogP contribution in [0.15, 0.2) is 24.3 Å². The number of hydrogen-bond acceptors (Lipinski definition) is 3. The van der Waals surface area contributed by atoms with E-state index in [1.54, 1.807) is 0 Å². The highest BCUT2D eigenvalue weighted by Crippen LogP contribution is 2.24. The summed E-state index contributed by atoms with van der Waals surface area (Å²) in [5, 5.41) is 9.32. The van der Waals surface area contributed by atoms with Crippen molar-refractivity contribution in [2.45, 2.75) is 45.6 Å². The van der Waals surface area contributed by atoms with Gasteiger partial charge in [0.2, 0.25) is 0 Å². The zero-order chi connectivity index (χ0) is 16.5. The Labute approximate surface area is 139 Å². The van der Waals surface area contributed by atoms with Crippen molar-refractivity contribution >= 4 is 11.7 Å². The third-order valence-electron chi connectivity index (χ3n) is 3.88. The van der Waals surface area contributed by atoms with Crippen LogP contribution in [0.1, 0.15) is 39.5 Å². The number of urea groups is 1. The molecule has 2 amide bonds. The number of anilines is 1. The fraction of sp³-hybridized carbons (Fsp3) is 0.611.